The maximum Gasteiger partial charge on any atom is 0.124 e. The van der Waals surface area contributed by atoms with E-state index in [0.29, 0.717) is 6.61 Å². The van der Waals surface area contributed by atoms with Gasteiger partial charge in [-0.2, -0.15) is 0 Å². The molecule has 4 aromatic rings. The van der Waals surface area contributed by atoms with E-state index in [1.54, 1.807) is 0 Å². The second-order valence-corrected chi connectivity index (χ2v) is 6.90. The van der Waals surface area contributed by atoms with Gasteiger partial charge in [-0.1, -0.05) is 60.7 Å². The fourth-order valence-electron chi connectivity index (χ4n) is 3.38. The average molecular weight is 368 g/mol. The Bertz CT molecular complexity index is 1060. The van der Waals surface area contributed by atoms with Crippen LogP contribution >= 0.6 is 0 Å². The maximum absolute atomic E-state index is 6.26. The molecular formula is C25H24N2O. The first kappa shape index (κ1) is 18.2. The summed E-state index contributed by atoms with van der Waals surface area (Å²) >= 11 is 0. The lowest BCUT2D eigenvalue weighted by Crippen LogP contribution is -2.15. The third-order valence-corrected chi connectivity index (χ3v) is 4.98. The number of nitrogens with zero attached hydrogens (tertiary/aromatic N) is 1. The van der Waals surface area contributed by atoms with E-state index in [-0.39, 0.29) is 0 Å². The number of rotatable bonds is 7. The predicted molar refractivity (Wildman–Crippen MR) is 114 cm³/mol. The van der Waals surface area contributed by atoms with Gasteiger partial charge < -0.3 is 10.1 Å². The zero-order valence-electron chi connectivity index (χ0n) is 16.1. The van der Waals surface area contributed by atoms with Crippen LogP contribution in [0.1, 0.15) is 22.4 Å². The fraction of sp³-hybridized carbons (Fsp3) is 0.160. The van der Waals surface area contributed by atoms with Crippen LogP contribution in [0.25, 0.3) is 10.8 Å². The van der Waals surface area contributed by atoms with Crippen LogP contribution in [0.4, 0.5) is 0 Å². The molecule has 4 rings (SSSR count). The van der Waals surface area contributed by atoms with Crippen molar-refractivity contribution in [3.63, 3.8) is 0 Å². The van der Waals surface area contributed by atoms with Gasteiger partial charge in [0.1, 0.15) is 12.4 Å². The van der Waals surface area contributed by atoms with Crippen LogP contribution in [0.5, 0.6) is 5.75 Å². The number of nitrogens with one attached hydrogen (secondary N) is 1. The van der Waals surface area contributed by atoms with E-state index in [1.807, 2.05) is 24.4 Å². The average Bonchev–Trinajstić information content (AvgIpc) is 2.74. The van der Waals surface area contributed by atoms with Crippen molar-refractivity contribution in [2.24, 2.45) is 0 Å². The van der Waals surface area contributed by atoms with Gasteiger partial charge in [-0.25, -0.2) is 0 Å². The Morgan fingerprint density at radius 2 is 1.64 bits per heavy atom. The maximum atomic E-state index is 6.26. The first-order valence-electron chi connectivity index (χ1n) is 9.60. The predicted octanol–water partition coefficient (Wildman–Crippen LogP) is 5.41. The summed E-state index contributed by atoms with van der Waals surface area (Å²) in [5, 5.41) is 5.96. The summed E-state index contributed by atoms with van der Waals surface area (Å²) in [6, 6.07) is 27.0. The monoisotopic (exact) mass is 368 g/mol. The summed E-state index contributed by atoms with van der Waals surface area (Å²) in [7, 11) is 0. The summed E-state index contributed by atoms with van der Waals surface area (Å²) < 4.78 is 6.26. The van der Waals surface area contributed by atoms with Crippen molar-refractivity contribution >= 4 is 10.8 Å². The van der Waals surface area contributed by atoms with E-state index < -0.39 is 0 Å². The van der Waals surface area contributed by atoms with Crippen molar-refractivity contribution in [1.82, 2.24) is 10.3 Å². The van der Waals surface area contributed by atoms with Gasteiger partial charge >= 0.3 is 0 Å². The first-order valence-corrected chi connectivity index (χ1v) is 9.60. The minimum Gasteiger partial charge on any atom is -0.489 e. The van der Waals surface area contributed by atoms with Crippen molar-refractivity contribution in [1.29, 1.82) is 0 Å². The van der Waals surface area contributed by atoms with Crippen molar-refractivity contribution in [3.05, 3.63) is 107 Å². The van der Waals surface area contributed by atoms with E-state index in [9.17, 15) is 0 Å². The molecule has 0 fully saturated rings. The standard InChI is InChI=1S/C25H24N2O/c1-19-8-2-3-10-21(19)18-28-25-14-13-20-9-4-5-12-23(20)24(25)17-26-16-22-11-6-7-15-27-22/h2-15,26H,16-18H2,1H3. The molecule has 0 bridgehead atoms. The van der Waals surface area contributed by atoms with Crippen molar-refractivity contribution in [2.45, 2.75) is 26.6 Å². The number of ether oxygens (including phenoxy) is 1. The minimum absolute atomic E-state index is 0.568. The molecule has 1 heterocycles. The van der Waals surface area contributed by atoms with Crippen LogP contribution in [0.3, 0.4) is 0 Å². The molecule has 28 heavy (non-hydrogen) atoms. The molecule has 3 aromatic carbocycles. The Morgan fingerprint density at radius 3 is 2.50 bits per heavy atom. The number of fused-ring (bicyclic) bond motifs is 1. The van der Waals surface area contributed by atoms with Crippen molar-refractivity contribution < 1.29 is 4.74 Å². The van der Waals surface area contributed by atoms with E-state index in [4.69, 9.17) is 4.74 Å². The molecule has 0 aliphatic rings. The zero-order valence-corrected chi connectivity index (χ0v) is 16.1. The topological polar surface area (TPSA) is 34.1 Å². The molecule has 0 spiro atoms. The Balaban J connectivity index is 1.56. The smallest absolute Gasteiger partial charge is 0.124 e. The van der Waals surface area contributed by atoms with Gasteiger partial charge in [0.2, 0.25) is 0 Å². The van der Waals surface area contributed by atoms with Crippen LogP contribution in [0, 0.1) is 6.92 Å². The van der Waals surface area contributed by atoms with Gasteiger partial charge in [-0.15, -0.1) is 0 Å². The third kappa shape index (κ3) is 4.21. The van der Waals surface area contributed by atoms with E-state index in [2.05, 4.69) is 77.9 Å². The van der Waals surface area contributed by atoms with Crippen LogP contribution in [0.15, 0.2) is 85.1 Å². The van der Waals surface area contributed by atoms with Crippen LogP contribution in [-0.2, 0) is 19.7 Å². The molecular weight excluding hydrogens is 344 g/mol. The number of pyridine rings is 1. The lowest BCUT2D eigenvalue weighted by molar-refractivity contribution is 0.302. The fourth-order valence-corrected chi connectivity index (χ4v) is 3.38. The quantitative estimate of drug-likeness (QED) is 0.473. The molecule has 0 saturated heterocycles. The van der Waals surface area contributed by atoms with E-state index in [0.717, 1.165) is 24.5 Å². The number of hydrogen-bond donors (Lipinski definition) is 1. The van der Waals surface area contributed by atoms with E-state index in [1.165, 1.54) is 27.5 Å². The summed E-state index contributed by atoms with van der Waals surface area (Å²) in [5.74, 6) is 0.926. The van der Waals surface area contributed by atoms with Gasteiger partial charge in [0.05, 0.1) is 5.69 Å². The highest BCUT2D eigenvalue weighted by atomic mass is 16.5. The molecule has 3 heteroatoms. The van der Waals surface area contributed by atoms with Gasteiger partial charge in [0.15, 0.2) is 0 Å². The highest BCUT2D eigenvalue weighted by Crippen LogP contribution is 2.29. The number of aryl methyl sites for hydroxylation is 1. The molecule has 140 valence electrons. The first-order chi connectivity index (χ1) is 13.8. The second kappa shape index (κ2) is 8.68. The van der Waals surface area contributed by atoms with Gasteiger partial charge in [0, 0.05) is 24.8 Å². The minimum atomic E-state index is 0.568. The molecule has 0 unspecified atom stereocenters. The lowest BCUT2D eigenvalue weighted by atomic mass is 10.0. The summed E-state index contributed by atoms with van der Waals surface area (Å²) in [5.41, 5.74) is 4.67. The SMILES string of the molecule is Cc1ccccc1COc1ccc2ccccc2c1CNCc1ccccn1. The highest BCUT2D eigenvalue weighted by molar-refractivity contribution is 5.87. The van der Waals surface area contributed by atoms with Crippen molar-refractivity contribution in [2.75, 3.05) is 0 Å². The molecule has 0 radical (unpaired) electrons. The van der Waals surface area contributed by atoms with Gasteiger partial charge in [0.25, 0.3) is 0 Å². The Morgan fingerprint density at radius 1 is 0.821 bits per heavy atom. The number of hydrogen-bond acceptors (Lipinski definition) is 3. The third-order valence-electron chi connectivity index (χ3n) is 4.98. The number of benzene rings is 3. The van der Waals surface area contributed by atoms with E-state index >= 15 is 0 Å². The van der Waals surface area contributed by atoms with Crippen LogP contribution < -0.4 is 10.1 Å². The normalized spacial score (nSPS) is 10.9. The molecule has 0 saturated carbocycles. The van der Waals surface area contributed by atoms with Crippen molar-refractivity contribution in [3.8, 4) is 5.75 Å². The molecule has 0 atom stereocenters. The Kier molecular flexibility index (Phi) is 5.64. The van der Waals surface area contributed by atoms with Gasteiger partial charge in [-0.05, 0) is 47.0 Å². The van der Waals surface area contributed by atoms with Crippen LogP contribution in [0.2, 0.25) is 0 Å². The summed E-state index contributed by atoms with van der Waals surface area (Å²) in [4.78, 5) is 4.39. The molecule has 1 N–H and O–H groups in total. The second-order valence-electron chi connectivity index (χ2n) is 6.90. The molecule has 0 aliphatic heterocycles. The van der Waals surface area contributed by atoms with Crippen LogP contribution in [-0.4, -0.2) is 4.98 Å². The molecule has 0 amide bonds. The zero-order chi connectivity index (χ0) is 19.2. The summed E-state index contributed by atoms with van der Waals surface area (Å²) in [6.07, 6.45) is 1.83. The Labute approximate surface area is 166 Å². The van der Waals surface area contributed by atoms with Gasteiger partial charge in [-0.3, -0.25) is 4.98 Å². The molecule has 0 aliphatic carbocycles. The highest BCUT2D eigenvalue weighted by Gasteiger charge is 2.10. The molecule has 1 aromatic heterocycles. The summed E-state index contributed by atoms with van der Waals surface area (Å²) in [6.45, 7) is 4.13. The molecule has 3 nitrogen and oxygen atoms in total. The largest absolute Gasteiger partial charge is 0.489 e. The lowest BCUT2D eigenvalue weighted by Gasteiger charge is -2.16. The number of aromatic nitrogens is 1. The Hall–Kier alpha value is -3.17.